The van der Waals surface area contributed by atoms with Crippen LogP contribution in [0.1, 0.15) is 52.9 Å². The number of thioether (sulfide) groups is 1. The van der Waals surface area contributed by atoms with Gasteiger partial charge in [0.25, 0.3) is 0 Å². The maximum Gasteiger partial charge on any atom is 0.0658 e. The third kappa shape index (κ3) is 4.78. The van der Waals surface area contributed by atoms with Crippen LogP contribution >= 0.6 is 11.8 Å². The lowest BCUT2D eigenvalue weighted by atomic mass is 9.81. The number of aliphatic hydroxyl groups excluding tert-OH is 1. The SMILES string of the molecule is CCC(C)SCC(O)C1CCC(C)CC1. The molecule has 0 aromatic heterocycles. The minimum atomic E-state index is -0.0588. The highest BCUT2D eigenvalue weighted by atomic mass is 32.2. The zero-order valence-electron chi connectivity index (χ0n) is 10.4. The predicted octanol–water partition coefficient (Wildman–Crippen LogP) is 3.71. The van der Waals surface area contributed by atoms with Gasteiger partial charge in [-0.1, -0.05) is 33.6 Å². The van der Waals surface area contributed by atoms with Crippen molar-refractivity contribution >= 4 is 11.8 Å². The molecule has 1 aliphatic rings. The Hall–Kier alpha value is 0.310. The summed E-state index contributed by atoms with van der Waals surface area (Å²) in [5, 5.41) is 10.8. The van der Waals surface area contributed by atoms with E-state index < -0.39 is 0 Å². The van der Waals surface area contributed by atoms with Gasteiger partial charge in [-0.25, -0.2) is 0 Å². The monoisotopic (exact) mass is 230 g/mol. The Labute approximate surface area is 99.0 Å². The van der Waals surface area contributed by atoms with E-state index in [2.05, 4.69) is 20.8 Å². The Bertz CT molecular complexity index is 164. The Morgan fingerprint density at radius 2 is 1.87 bits per heavy atom. The maximum atomic E-state index is 10.1. The lowest BCUT2D eigenvalue weighted by molar-refractivity contribution is 0.0946. The van der Waals surface area contributed by atoms with E-state index in [0.717, 1.165) is 11.7 Å². The molecule has 15 heavy (non-hydrogen) atoms. The first kappa shape index (κ1) is 13.4. The number of hydrogen-bond acceptors (Lipinski definition) is 2. The van der Waals surface area contributed by atoms with Gasteiger partial charge in [0.05, 0.1) is 6.10 Å². The highest BCUT2D eigenvalue weighted by Crippen LogP contribution is 2.32. The van der Waals surface area contributed by atoms with Crippen molar-refractivity contribution in [3.05, 3.63) is 0 Å². The fraction of sp³-hybridized carbons (Fsp3) is 1.00. The molecule has 1 rings (SSSR count). The van der Waals surface area contributed by atoms with Crippen LogP contribution in [-0.4, -0.2) is 22.2 Å². The molecule has 0 aliphatic heterocycles. The molecule has 2 unspecified atom stereocenters. The van der Waals surface area contributed by atoms with Crippen LogP contribution in [0, 0.1) is 11.8 Å². The van der Waals surface area contributed by atoms with Gasteiger partial charge in [0.2, 0.25) is 0 Å². The van der Waals surface area contributed by atoms with E-state index in [9.17, 15) is 5.11 Å². The second kappa shape index (κ2) is 6.80. The molecule has 0 amide bonds. The first-order valence-corrected chi connectivity index (χ1v) is 7.48. The van der Waals surface area contributed by atoms with Crippen LogP contribution in [0.4, 0.5) is 0 Å². The number of aliphatic hydroxyl groups is 1. The Morgan fingerprint density at radius 3 is 2.40 bits per heavy atom. The van der Waals surface area contributed by atoms with Gasteiger partial charge in [0.15, 0.2) is 0 Å². The van der Waals surface area contributed by atoms with E-state index in [1.807, 2.05) is 11.8 Å². The molecule has 0 spiro atoms. The predicted molar refractivity (Wildman–Crippen MR) is 69.3 cm³/mol. The lowest BCUT2D eigenvalue weighted by Gasteiger charge is -2.30. The van der Waals surface area contributed by atoms with Crippen LogP contribution in [0.15, 0.2) is 0 Å². The number of rotatable bonds is 5. The molecule has 1 N–H and O–H groups in total. The summed E-state index contributed by atoms with van der Waals surface area (Å²) in [6.45, 7) is 6.79. The standard InChI is InChI=1S/C13H26OS/c1-4-11(3)15-9-13(14)12-7-5-10(2)6-8-12/h10-14H,4-9H2,1-3H3. The van der Waals surface area contributed by atoms with Crippen molar-refractivity contribution < 1.29 is 5.11 Å². The summed E-state index contributed by atoms with van der Waals surface area (Å²) in [7, 11) is 0. The van der Waals surface area contributed by atoms with Crippen molar-refractivity contribution in [3.63, 3.8) is 0 Å². The molecule has 0 aromatic rings. The van der Waals surface area contributed by atoms with Crippen molar-refractivity contribution in [2.75, 3.05) is 5.75 Å². The Balaban J connectivity index is 2.19. The van der Waals surface area contributed by atoms with E-state index in [-0.39, 0.29) is 6.10 Å². The highest BCUT2D eigenvalue weighted by molar-refractivity contribution is 7.99. The molecule has 2 heteroatoms. The van der Waals surface area contributed by atoms with Crippen LogP contribution in [-0.2, 0) is 0 Å². The summed E-state index contributed by atoms with van der Waals surface area (Å²) in [6, 6.07) is 0. The second-order valence-corrected chi connectivity index (χ2v) is 6.61. The molecular formula is C13H26OS. The van der Waals surface area contributed by atoms with Crippen LogP contribution in [0.3, 0.4) is 0 Å². The molecule has 0 bridgehead atoms. The van der Waals surface area contributed by atoms with Gasteiger partial charge in [-0.15, -0.1) is 0 Å². The topological polar surface area (TPSA) is 20.2 Å². The van der Waals surface area contributed by atoms with E-state index in [0.29, 0.717) is 11.2 Å². The molecule has 0 radical (unpaired) electrons. The largest absolute Gasteiger partial charge is 0.392 e. The Kier molecular flexibility index (Phi) is 6.06. The van der Waals surface area contributed by atoms with Crippen LogP contribution in [0.2, 0.25) is 0 Å². The van der Waals surface area contributed by atoms with Gasteiger partial charge in [-0.3, -0.25) is 0 Å². The summed E-state index contributed by atoms with van der Waals surface area (Å²) in [5.74, 6) is 2.40. The number of hydrogen-bond donors (Lipinski definition) is 1. The zero-order valence-corrected chi connectivity index (χ0v) is 11.2. The van der Waals surface area contributed by atoms with Crippen molar-refractivity contribution in [3.8, 4) is 0 Å². The van der Waals surface area contributed by atoms with Crippen LogP contribution in [0.5, 0.6) is 0 Å². The zero-order chi connectivity index (χ0) is 11.3. The molecule has 1 fully saturated rings. The van der Waals surface area contributed by atoms with Crippen molar-refractivity contribution in [2.45, 2.75) is 64.2 Å². The molecular weight excluding hydrogens is 204 g/mol. The van der Waals surface area contributed by atoms with E-state index in [1.54, 1.807) is 0 Å². The average molecular weight is 230 g/mol. The fourth-order valence-corrected chi connectivity index (χ4v) is 3.22. The molecule has 1 aliphatic carbocycles. The molecule has 1 saturated carbocycles. The van der Waals surface area contributed by atoms with Crippen LogP contribution < -0.4 is 0 Å². The summed E-state index contributed by atoms with van der Waals surface area (Å²) < 4.78 is 0. The van der Waals surface area contributed by atoms with Gasteiger partial charge in [-0.2, -0.15) is 11.8 Å². The molecule has 0 aromatic carbocycles. The van der Waals surface area contributed by atoms with Gasteiger partial charge in [0.1, 0.15) is 0 Å². The summed E-state index contributed by atoms with van der Waals surface area (Å²) in [4.78, 5) is 0. The quantitative estimate of drug-likeness (QED) is 0.777. The minimum Gasteiger partial charge on any atom is -0.392 e. The third-order valence-electron chi connectivity index (χ3n) is 3.73. The molecule has 0 heterocycles. The van der Waals surface area contributed by atoms with E-state index in [4.69, 9.17) is 0 Å². The molecule has 0 saturated heterocycles. The van der Waals surface area contributed by atoms with E-state index >= 15 is 0 Å². The minimum absolute atomic E-state index is 0.0588. The van der Waals surface area contributed by atoms with Gasteiger partial charge < -0.3 is 5.11 Å². The molecule has 90 valence electrons. The third-order valence-corrected chi connectivity index (χ3v) is 5.17. The first-order chi connectivity index (χ1) is 7.13. The smallest absolute Gasteiger partial charge is 0.0658 e. The van der Waals surface area contributed by atoms with Gasteiger partial charge in [-0.05, 0) is 31.1 Å². The lowest BCUT2D eigenvalue weighted by Crippen LogP contribution is -2.27. The summed E-state index contributed by atoms with van der Waals surface area (Å²) in [6.07, 6.45) is 6.26. The van der Waals surface area contributed by atoms with Crippen molar-refractivity contribution in [1.82, 2.24) is 0 Å². The molecule has 1 nitrogen and oxygen atoms in total. The highest BCUT2D eigenvalue weighted by Gasteiger charge is 2.24. The van der Waals surface area contributed by atoms with Gasteiger partial charge >= 0.3 is 0 Å². The normalized spacial score (nSPS) is 31.2. The van der Waals surface area contributed by atoms with Gasteiger partial charge in [0, 0.05) is 11.0 Å². The summed E-state index contributed by atoms with van der Waals surface area (Å²) >= 11 is 1.93. The van der Waals surface area contributed by atoms with E-state index in [1.165, 1.54) is 32.1 Å². The van der Waals surface area contributed by atoms with Crippen molar-refractivity contribution in [1.29, 1.82) is 0 Å². The average Bonchev–Trinajstić information content (AvgIpc) is 2.26. The maximum absolute atomic E-state index is 10.1. The summed E-state index contributed by atoms with van der Waals surface area (Å²) in [5.41, 5.74) is 0. The Morgan fingerprint density at radius 1 is 1.27 bits per heavy atom. The molecule has 2 atom stereocenters. The fourth-order valence-electron chi connectivity index (χ4n) is 2.19. The first-order valence-electron chi connectivity index (χ1n) is 6.43. The van der Waals surface area contributed by atoms with Crippen LogP contribution in [0.25, 0.3) is 0 Å². The second-order valence-electron chi connectivity index (χ2n) is 5.14. The van der Waals surface area contributed by atoms with Crippen molar-refractivity contribution in [2.24, 2.45) is 11.8 Å².